The van der Waals surface area contributed by atoms with Crippen LogP contribution in [0.4, 0.5) is 5.69 Å². The lowest BCUT2D eigenvalue weighted by atomic mass is 9.95. The van der Waals surface area contributed by atoms with E-state index in [0.717, 1.165) is 19.3 Å². The third kappa shape index (κ3) is 2.90. The molecule has 3 N–H and O–H groups in total. The largest absolute Gasteiger partial charge is 0.478 e. The van der Waals surface area contributed by atoms with Crippen LogP contribution < -0.4 is 5.32 Å². The molecule has 0 radical (unpaired) electrons. The van der Waals surface area contributed by atoms with Gasteiger partial charge in [-0.15, -0.1) is 0 Å². The molecule has 2 heterocycles. The predicted molar refractivity (Wildman–Crippen MR) is 97.8 cm³/mol. The molecular weight excluding hydrogens is 372 g/mol. The number of imidazole rings is 1. The first-order chi connectivity index (χ1) is 11.4. The molecule has 1 saturated carbocycles. The van der Waals surface area contributed by atoms with E-state index in [9.17, 15) is 9.90 Å². The van der Waals surface area contributed by atoms with Crippen LogP contribution in [0.2, 0.25) is 0 Å². The van der Waals surface area contributed by atoms with E-state index in [1.807, 2.05) is 0 Å². The molecule has 4 atom stereocenters. The molecule has 1 unspecified atom stereocenters. The highest BCUT2D eigenvalue weighted by Crippen LogP contribution is 2.49. The van der Waals surface area contributed by atoms with Gasteiger partial charge in [0.15, 0.2) is 5.65 Å². The smallest absolute Gasteiger partial charge is 0.339 e. The maximum Gasteiger partial charge on any atom is 0.339 e. The number of halogens is 1. The molecule has 0 saturated heterocycles. The molecule has 1 aliphatic rings. The topological polar surface area (TPSA) is 90.9 Å². The zero-order valence-corrected chi connectivity index (χ0v) is 15.7. The van der Waals surface area contributed by atoms with E-state index in [1.54, 1.807) is 0 Å². The summed E-state index contributed by atoms with van der Waals surface area (Å²) in [6.07, 6.45) is 6.21. The first-order valence-electron chi connectivity index (χ1n) is 8.36. The minimum absolute atomic E-state index is 0.158. The molecule has 0 amide bonds. The van der Waals surface area contributed by atoms with Crippen LogP contribution in [0.5, 0.6) is 0 Å². The van der Waals surface area contributed by atoms with Crippen molar-refractivity contribution < 1.29 is 9.90 Å². The summed E-state index contributed by atoms with van der Waals surface area (Å²) >= 11 is 3.93. The Labute approximate surface area is 149 Å². The van der Waals surface area contributed by atoms with Gasteiger partial charge < -0.3 is 15.4 Å². The number of H-pyrrole nitrogens is 1. The van der Waals surface area contributed by atoms with Crippen LogP contribution in [0.3, 0.4) is 0 Å². The number of carboxylic acids is 1. The summed E-state index contributed by atoms with van der Waals surface area (Å²) < 4.78 is 0.185. The summed E-state index contributed by atoms with van der Waals surface area (Å²) in [5, 5.41) is 12.9. The van der Waals surface area contributed by atoms with Crippen molar-refractivity contribution in [1.29, 1.82) is 0 Å². The van der Waals surface area contributed by atoms with Crippen molar-refractivity contribution in [1.82, 2.24) is 15.0 Å². The molecule has 6 nitrogen and oxygen atoms in total. The minimum Gasteiger partial charge on any atom is -0.478 e. The highest BCUT2D eigenvalue weighted by atomic mass is 79.9. The fourth-order valence-electron chi connectivity index (χ4n) is 3.81. The first kappa shape index (κ1) is 17.2. The molecular formula is C17H23BrN4O2. The van der Waals surface area contributed by atoms with Crippen molar-refractivity contribution in [2.45, 2.75) is 50.4 Å². The number of nitrogens with one attached hydrogen (secondary N) is 2. The van der Waals surface area contributed by atoms with Crippen molar-refractivity contribution in [3.63, 3.8) is 0 Å². The Hall–Kier alpha value is -1.63. The Kier molecular flexibility index (Phi) is 4.55. The zero-order valence-electron chi connectivity index (χ0n) is 14.1. The number of carboxylic acid groups (broad SMARTS) is 1. The number of anilines is 1. The van der Waals surface area contributed by atoms with Gasteiger partial charge in [0.05, 0.1) is 12.0 Å². The second kappa shape index (κ2) is 6.35. The third-order valence-corrected chi connectivity index (χ3v) is 7.16. The summed E-state index contributed by atoms with van der Waals surface area (Å²) in [6.45, 7) is 6.62. The first-order valence-corrected chi connectivity index (χ1v) is 9.16. The molecule has 1 aliphatic carbocycles. The number of hydrogen-bond donors (Lipinski definition) is 3. The predicted octanol–water partition coefficient (Wildman–Crippen LogP) is 4.05. The number of hydrogen-bond acceptors (Lipinski definition) is 4. The molecule has 0 bridgehead atoms. The van der Waals surface area contributed by atoms with Crippen molar-refractivity contribution >= 4 is 38.8 Å². The van der Waals surface area contributed by atoms with Crippen LogP contribution >= 0.6 is 15.9 Å². The van der Waals surface area contributed by atoms with Gasteiger partial charge in [-0.1, -0.05) is 29.8 Å². The molecule has 0 aliphatic heterocycles. The van der Waals surface area contributed by atoms with E-state index in [4.69, 9.17) is 0 Å². The molecule has 0 aromatic carbocycles. The van der Waals surface area contributed by atoms with Gasteiger partial charge in [0.2, 0.25) is 0 Å². The maximum absolute atomic E-state index is 11.6. The molecule has 130 valence electrons. The van der Waals surface area contributed by atoms with E-state index in [0.29, 0.717) is 28.7 Å². The summed E-state index contributed by atoms with van der Waals surface area (Å²) in [6, 6.07) is 0.158. The molecule has 2 aromatic rings. The fraction of sp³-hybridized carbons (Fsp3) is 0.588. The van der Waals surface area contributed by atoms with Crippen LogP contribution in [-0.2, 0) is 0 Å². The van der Waals surface area contributed by atoms with Gasteiger partial charge in [0.1, 0.15) is 11.1 Å². The molecule has 24 heavy (non-hydrogen) atoms. The van der Waals surface area contributed by atoms with Crippen molar-refractivity contribution in [3.05, 3.63) is 18.1 Å². The number of rotatable bonds is 5. The lowest BCUT2D eigenvalue weighted by Gasteiger charge is -2.26. The Bertz CT molecular complexity index is 762. The number of carbonyl (C=O) groups is 1. The number of alkyl halides is 1. The van der Waals surface area contributed by atoms with E-state index in [2.05, 4.69) is 57.0 Å². The van der Waals surface area contributed by atoms with Crippen LogP contribution in [0.25, 0.3) is 11.2 Å². The number of aromatic carboxylic acids is 1. The maximum atomic E-state index is 11.6. The monoisotopic (exact) mass is 394 g/mol. The highest BCUT2D eigenvalue weighted by Gasteiger charge is 2.43. The van der Waals surface area contributed by atoms with Crippen molar-refractivity contribution in [2.24, 2.45) is 11.8 Å². The van der Waals surface area contributed by atoms with Gasteiger partial charge in [-0.05, 0) is 38.0 Å². The molecule has 3 rings (SSSR count). The van der Waals surface area contributed by atoms with Gasteiger partial charge in [-0.3, -0.25) is 0 Å². The van der Waals surface area contributed by atoms with E-state index < -0.39 is 5.97 Å². The lowest BCUT2D eigenvalue weighted by Crippen LogP contribution is -2.27. The van der Waals surface area contributed by atoms with Crippen LogP contribution in [0.15, 0.2) is 12.5 Å². The fourth-order valence-corrected chi connectivity index (χ4v) is 4.41. The molecule has 1 fully saturated rings. The van der Waals surface area contributed by atoms with E-state index in [-0.39, 0.29) is 15.9 Å². The highest BCUT2D eigenvalue weighted by molar-refractivity contribution is 9.10. The zero-order chi connectivity index (χ0) is 17.5. The van der Waals surface area contributed by atoms with Gasteiger partial charge in [0, 0.05) is 16.6 Å². The molecule has 7 heteroatoms. The van der Waals surface area contributed by atoms with E-state index >= 15 is 0 Å². The number of aromatic amines is 1. The Morgan fingerprint density at radius 2 is 2.33 bits per heavy atom. The summed E-state index contributed by atoms with van der Waals surface area (Å²) in [4.78, 5) is 22.8. The van der Waals surface area contributed by atoms with Crippen LogP contribution in [0, 0.1) is 11.8 Å². The van der Waals surface area contributed by atoms with Crippen LogP contribution in [-0.4, -0.2) is 36.4 Å². The Morgan fingerprint density at radius 1 is 1.58 bits per heavy atom. The van der Waals surface area contributed by atoms with Gasteiger partial charge in [0.25, 0.3) is 0 Å². The number of nitrogens with zero attached hydrogens (tertiary/aromatic N) is 2. The summed E-state index contributed by atoms with van der Waals surface area (Å²) in [5.74, 6) is 0.0873. The quantitative estimate of drug-likeness (QED) is 0.665. The lowest BCUT2D eigenvalue weighted by molar-refractivity contribution is 0.0697. The van der Waals surface area contributed by atoms with Gasteiger partial charge in [-0.25, -0.2) is 14.8 Å². The van der Waals surface area contributed by atoms with Gasteiger partial charge >= 0.3 is 5.97 Å². The average molecular weight is 395 g/mol. The Balaban J connectivity index is 1.88. The SMILES string of the molecule is CCC1(Br)C[C@@H]([C@@H](C)Nc2c(C(=O)O)cnc3nc[nH]c23)C[C@@H]1C. The van der Waals surface area contributed by atoms with Gasteiger partial charge in [-0.2, -0.15) is 0 Å². The summed E-state index contributed by atoms with van der Waals surface area (Å²) in [7, 11) is 0. The third-order valence-electron chi connectivity index (χ3n) is 5.49. The second-order valence-corrected chi connectivity index (χ2v) is 8.45. The van der Waals surface area contributed by atoms with Crippen LogP contribution in [0.1, 0.15) is 50.4 Å². The summed E-state index contributed by atoms with van der Waals surface area (Å²) in [5.41, 5.74) is 1.92. The number of aromatic nitrogens is 3. The average Bonchev–Trinajstić information content (AvgIpc) is 3.13. The van der Waals surface area contributed by atoms with Crippen molar-refractivity contribution in [2.75, 3.05) is 5.32 Å². The van der Waals surface area contributed by atoms with E-state index in [1.165, 1.54) is 12.5 Å². The molecule has 0 spiro atoms. The van der Waals surface area contributed by atoms with Crippen molar-refractivity contribution in [3.8, 4) is 0 Å². The Morgan fingerprint density at radius 3 is 2.96 bits per heavy atom. The standard InChI is InChI=1S/C17H23BrN4O2/c1-4-17(18)6-11(5-9(17)2)10(3)22-13-12(16(23)24)7-19-15-14(13)20-8-21-15/h7-11H,4-6H2,1-3H3,(H,23,24)(H2,19,20,21,22)/t9-,10+,11-,17?/m0/s1. The number of pyridine rings is 1. The number of fused-ring (bicyclic) bond motifs is 1. The molecule has 2 aromatic heterocycles. The normalized spacial score (nSPS) is 28.2. The minimum atomic E-state index is -0.989. The second-order valence-electron chi connectivity index (χ2n) is 6.88.